The number of nitrogens with one attached hydrogen (secondary N) is 1. The largest absolute Gasteiger partial charge is 0.469 e. The topological polar surface area (TPSA) is 68.3 Å². The van der Waals surface area contributed by atoms with E-state index in [9.17, 15) is 9.59 Å². The highest BCUT2D eigenvalue weighted by Gasteiger charge is 2.27. The first-order chi connectivity index (χ1) is 9.60. The molecule has 0 bridgehead atoms. The molecule has 1 heterocycles. The van der Waals surface area contributed by atoms with E-state index < -0.39 is 0 Å². The Kier molecular flexibility index (Phi) is 4.71. The highest BCUT2D eigenvalue weighted by atomic mass is 16.5. The van der Waals surface area contributed by atoms with Gasteiger partial charge in [0.15, 0.2) is 0 Å². The molecule has 1 aromatic rings. The fourth-order valence-corrected chi connectivity index (χ4v) is 2.51. The number of ether oxygens (including phenoxy) is 1. The number of methoxy groups -OCH3 is 1. The molecule has 1 N–H and O–H groups in total. The summed E-state index contributed by atoms with van der Waals surface area (Å²) in [6.07, 6.45) is 4.74. The lowest BCUT2D eigenvalue weighted by Crippen LogP contribution is -2.38. The van der Waals surface area contributed by atoms with Crippen molar-refractivity contribution in [1.29, 1.82) is 0 Å². The number of carbonyl (C=O) groups excluding carboxylic acids is 2. The van der Waals surface area contributed by atoms with Gasteiger partial charge in [-0.05, 0) is 44.7 Å². The van der Waals surface area contributed by atoms with E-state index in [0.717, 1.165) is 31.4 Å². The van der Waals surface area contributed by atoms with E-state index >= 15 is 0 Å². The number of pyridine rings is 1. The van der Waals surface area contributed by atoms with Crippen LogP contribution in [0.3, 0.4) is 0 Å². The molecule has 1 aliphatic carbocycles. The van der Waals surface area contributed by atoms with Crippen LogP contribution in [0.4, 0.5) is 0 Å². The molecule has 5 nitrogen and oxygen atoms in total. The average molecular weight is 276 g/mol. The molecule has 1 saturated carbocycles. The Bertz CT molecular complexity index is 476. The predicted octanol–water partition coefficient (Wildman–Crippen LogP) is 1.85. The second-order valence-electron chi connectivity index (χ2n) is 5.23. The minimum absolute atomic E-state index is 0.0193. The second-order valence-corrected chi connectivity index (χ2v) is 5.23. The van der Waals surface area contributed by atoms with Crippen LogP contribution < -0.4 is 5.32 Å². The number of hydrogen-bond donors (Lipinski definition) is 1. The maximum atomic E-state index is 12.1. The zero-order valence-corrected chi connectivity index (χ0v) is 11.9. The van der Waals surface area contributed by atoms with Crippen LogP contribution >= 0.6 is 0 Å². The maximum Gasteiger partial charge on any atom is 0.308 e. The second kappa shape index (κ2) is 6.50. The van der Waals surface area contributed by atoms with Crippen LogP contribution in [0.15, 0.2) is 18.3 Å². The third-order valence-electron chi connectivity index (χ3n) is 3.77. The molecular formula is C15H20N2O3. The van der Waals surface area contributed by atoms with Gasteiger partial charge in [0, 0.05) is 17.9 Å². The summed E-state index contributed by atoms with van der Waals surface area (Å²) in [5.74, 6) is -0.259. The summed E-state index contributed by atoms with van der Waals surface area (Å²) in [6.45, 7) is 1.88. The Morgan fingerprint density at radius 3 is 2.50 bits per heavy atom. The number of aryl methyl sites for hydroxylation is 1. The lowest BCUT2D eigenvalue weighted by Gasteiger charge is -2.27. The SMILES string of the molecule is COC(=O)C1CCC(NC(=O)c2ccc(C)nc2)CC1. The van der Waals surface area contributed by atoms with Crippen molar-refractivity contribution >= 4 is 11.9 Å². The summed E-state index contributed by atoms with van der Waals surface area (Å²) in [4.78, 5) is 27.6. The van der Waals surface area contributed by atoms with Gasteiger partial charge >= 0.3 is 5.97 Å². The number of amides is 1. The Hall–Kier alpha value is -1.91. The first kappa shape index (κ1) is 14.5. The summed E-state index contributed by atoms with van der Waals surface area (Å²) >= 11 is 0. The zero-order chi connectivity index (χ0) is 14.5. The van der Waals surface area contributed by atoms with Crippen LogP contribution in [-0.4, -0.2) is 30.0 Å². The first-order valence-corrected chi connectivity index (χ1v) is 6.91. The summed E-state index contributed by atoms with van der Waals surface area (Å²) in [7, 11) is 1.42. The Balaban J connectivity index is 1.85. The molecule has 5 heteroatoms. The van der Waals surface area contributed by atoms with Crippen molar-refractivity contribution in [1.82, 2.24) is 10.3 Å². The highest BCUT2D eigenvalue weighted by Crippen LogP contribution is 2.25. The highest BCUT2D eigenvalue weighted by molar-refractivity contribution is 5.94. The number of aromatic nitrogens is 1. The molecule has 1 amide bonds. The fraction of sp³-hybridized carbons (Fsp3) is 0.533. The van der Waals surface area contributed by atoms with Crippen molar-refractivity contribution in [2.45, 2.75) is 38.6 Å². The first-order valence-electron chi connectivity index (χ1n) is 6.91. The monoisotopic (exact) mass is 276 g/mol. The molecule has 0 atom stereocenters. The number of carbonyl (C=O) groups is 2. The van der Waals surface area contributed by atoms with Gasteiger partial charge in [-0.3, -0.25) is 14.6 Å². The number of nitrogens with zero attached hydrogens (tertiary/aromatic N) is 1. The Morgan fingerprint density at radius 1 is 1.25 bits per heavy atom. The van der Waals surface area contributed by atoms with E-state index in [1.807, 2.05) is 13.0 Å². The van der Waals surface area contributed by atoms with Gasteiger partial charge in [0.1, 0.15) is 0 Å². The Labute approximate surface area is 118 Å². The molecule has 20 heavy (non-hydrogen) atoms. The van der Waals surface area contributed by atoms with E-state index in [1.165, 1.54) is 7.11 Å². The van der Waals surface area contributed by atoms with Gasteiger partial charge in [0.25, 0.3) is 5.91 Å². The average Bonchev–Trinajstić information content (AvgIpc) is 2.48. The third-order valence-corrected chi connectivity index (χ3v) is 3.77. The van der Waals surface area contributed by atoms with E-state index in [1.54, 1.807) is 12.3 Å². The van der Waals surface area contributed by atoms with Crippen molar-refractivity contribution in [2.75, 3.05) is 7.11 Å². The van der Waals surface area contributed by atoms with Crippen LogP contribution in [0.5, 0.6) is 0 Å². The molecular weight excluding hydrogens is 256 g/mol. The molecule has 1 aromatic heterocycles. The lowest BCUT2D eigenvalue weighted by molar-refractivity contribution is -0.146. The van der Waals surface area contributed by atoms with Crippen LogP contribution in [0.1, 0.15) is 41.7 Å². The summed E-state index contributed by atoms with van der Waals surface area (Å²) in [5, 5.41) is 3.00. The van der Waals surface area contributed by atoms with Gasteiger partial charge in [-0.25, -0.2) is 0 Å². The van der Waals surface area contributed by atoms with Crippen LogP contribution in [0, 0.1) is 12.8 Å². The van der Waals surface area contributed by atoms with E-state index in [0.29, 0.717) is 5.56 Å². The van der Waals surface area contributed by atoms with Crippen LogP contribution in [0.2, 0.25) is 0 Å². The van der Waals surface area contributed by atoms with E-state index in [-0.39, 0.29) is 23.8 Å². The van der Waals surface area contributed by atoms with Crippen LogP contribution in [-0.2, 0) is 9.53 Å². The fourth-order valence-electron chi connectivity index (χ4n) is 2.51. The molecule has 1 aliphatic rings. The summed E-state index contributed by atoms with van der Waals surface area (Å²) in [6, 6.07) is 3.73. The third kappa shape index (κ3) is 3.56. The summed E-state index contributed by atoms with van der Waals surface area (Å²) in [5.41, 5.74) is 1.46. The van der Waals surface area contributed by atoms with Crippen LogP contribution in [0.25, 0.3) is 0 Å². The van der Waals surface area contributed by atoms with Gasteiger partial charge < -0.3 is 10.1 Å². The van der Waals surface area contributed by atoms with Crippen molar-refractivity contribution in [3.05, 3.63) is 29.6 Å². The Morgan fingerprint density at radius 2 is 1.95 bits per heavy atom. The van der Waals surface area contributed by atoms with Crippen molar-refractivity contribution in [2.24, 2.45) is 5.92 Å². The van der Waals surface area contributed by atoms with Gasteiger partial charge in [0.2, 0.25) is 0 Å². The molecule has 0 saturated heterocycles. The molecule has 0 radical (unpaired) electrons. The predicted molar refractivity (Wildman–Crippen MR) is 74.2 cm³/mol. The maximum absolute atomic E-state index is 12.1. The minimum atomic E-state index is -0.141. The molecule has 108 valence electrons. The number of hydrogen-bond acceptors (Lipinski definition) is 4. The van der Waals surface area contributed by atoms with Gasteiger partial charge in [0.05, 0.1) is 18.6 Å². The lowest BCUT2D eigenvalue weighted by atomic mass is 9.86. The summed E-state index contributed by atoms with van der Waals surface area (Å²) < 4.78 is 4.75. The van der Waals surface area contributed by atoms with Gasteiger partial charge in [-0.1, -0.05) is 0 Å². The molecule has 0 unspecified atom stereocenters. The smallest absolute Gasteiger partial charge is 0.308 e. The molecule has 0 aromatic carbocycles. The molecule has 0 spiro atoms. The van der Waals surface area contributed by atoms with Crippen molar-refractivity contribution < 1.29 is 14.3 Å². The van der Waals surface area contributed by atoms with E-state index in [4.69, 9.17) is 4.74 Å². The van der Waals surface area contributed by atoms with Gasteiger partial charge in [-0.2, -0.15) is 0 Å². The molecule has 1 fully saturated rings. The van der Waals surface area contributed by atoms with Crippen molar-refractivity contribution in [3.8, 4) is 0 Å². The van der Waals surface area contributed by atoms with Crippen molar-refractivity contribution in [3.63, 3.8) is 0 Å². The standard InChI is InChI=1S/C15H20N2O3/c1-10-3-4-12(9-16-10)14(18)17-13-7-5-11(6-8-13)15(19)20-2/h3-4,9,11,13H,5-8H2,1-2H3,(H,17,18). The van der Waals surface area contributed by atoms with E-state index in [2.05, 4.69) is 10.3 Å². The number of rotatable bonds is 3. The zero-order valence-electron chi connectivity index (χ0n) is 11.9. The molecule has 0 aliphatic heterocycles. The normalized spacial score (nSPS) is 22.1. The number of esters is 1. The molecule has 2 rings (SSSR count). The minimum Gasteiger partial charge on any atom is -0.469 e. The van der Waals surface area contributed by atoms with Gasteiger partial charge in [-0.15, -0.1) is 0 Å². The quantitative estimate of drug-likeness (QED) is 0.855.